The number of nitrogens with one attached hydrogen (secondary N) is 1. The van der Waals surface area contributed by atoms with Crippen LogP contribution in [0.5, 0.6) is 0 Å². The molecule has 25 heavy (non-hydrogen) atoms. The summed E-state index contributed by atoms with van der Waals surface area (Å²) in [6, 6.07) is 15.0. The van der Waals surface area contributed by atoms with E-state index in [0.717, 1.165) is 16.6 Å². The lowest BCUT2D eigenvalue weighted by atomic mass is 9.92. The molecule has 1 atom stereocenters. The molecule has 0 bridgehead atoms. The summed E-state index contributed by atoms with van der Waals surface area (Å²) < 4.78 is 1.79. The van der Waals surface area contributed by atoms with E-state index in [0.29, 0.717) is 5.02 Å². The average molecular weight is 357 g/mol. The van der Waals surface area contributed by atoms with Crippen LogP contribution in [0.2, 0.25) is 5.02 Å². The first-order chi connectivity index (χ1) is 11.8. The molecule has 1 aromatic heterocycles. The van der Waals surface area contributed by atoms with Gasteiger partial charge in [0.15, 0.2) is 0 Å². The van der Waals surface area contributed by atoms with E-state index in [1.807, 2.05) is 36.4 Å². The van der Waals surface area contributed by atoms with Crippen molar-refractivity contribution in [1.29, 1.82) is 0 Å². The lowest BCUT2D eigenvalue weighted by Crippen LogP contribution is -2.41. The van der Waals surface area contributed by atoms with Crippen LogP contribution >= 0.6 is 11.6 Å². The number of nitrogens with zero attached hydrogens (tertiary/aromatic N) is 3. The lowest BCUT2D eigenvalue weighted by molar-refractivity contribution is -0.123. The molecule has 1 amide bonds. The molecule has 3 aromatic rings. The molecule has 1 heterocycles. The Bertz CT molecular complexity index is 880. The molecule has 0 aliphatic carbocycles. The van der Waals surface area contributed by atoms with Crippen molar-refractivity contribution >= 4 is 28.5 Å². The summed E-state index contributed by atoms with van der Waals surface area (Å²) in [5, 5.41) is 12.2. The van der Waals surface area contributed by atoms with Gasteiger partial charge in [-0.1, -0.05) is 61.9 Å². The van der Waals surface area contributed by atoms with Crippen molar-refractivity contribution < 1.29 is 4.79 Å². The van der Waals surface area contributed by atoms with Crippen molar-refractivity contribution in [2.45, 2.75) is 33.4 Å². The Balaban J connectivity index is 1.84. The van der Waals surface area contributed by atoms with Crippen LogP contribution in [-0.4, -0.2) is 20.9 Å². The summed E-state index contributed by atoms with van der Waals surface area (Å²) in [6.45, 7) is 6.20. The second-order valence-corrected chi connectivity index (χ2v) is 7.60. The number of fused-ring (bicyclic) bond motifs is 1. The molecule has 1 N–H and O–H groups in total. The van der Waals surface area contributed by atoms with Gasteiger partial charge in [0.2, 0.25) is 5.91 Å². The number of para-hydroxylation sites is 1. The van der Waals surface area contributed by atoms with Crippen molar-refractivity contribution in [2.24, 2.45) is 5.41 Å². The van der Waals surface area contributed by atoms with Crippen LogP contribution in [0.15, 0.2) is 48.5 Å². The zero-order valence-electron chi connectivity index (χ0n) is 14.5. The van der Waals surface area contributed by atoms with Gasteiger partial charge in [-0.05, 0) is 29.8 Å². The summed E-state index contributed by atoms with van der Waals surface area (Å²) >= 11 is 5.90. The van der Waals surface area contributed by atoms with Gasteiger partial charge in [-0.15, -0.1) is 5.10 Å². The highest BCUT2D eigenvalue weighted by atomic mass is 35.5. The SMILES string of the molecule is CC(C)(C)[C@@H](NC(=O)Cc1ccc(Cl)cc1)n1nnc2ccccc21. The minimum absolute atomic E-state index is 0.0678. The normalized spacial score (nSPS) is 13.0. The monoisotopic (exact) mass is 356 g/mol. The number of rotatable bonds is 4. The quantitative estimate of drug-likeness (QED) is 0.769. The number of hydrogen-bond acceptors (Lipinski definition) is 3. The highest BCUT2D eigenvalue weighted by molar-refractivity contribution is 6.30. The third-order valence-electron chi connectivity index (χ3n) is 4.02. The highest BCUT2D eigenvalue weighted by Gasteiger charge is 2.30. The third kappa shape index (κ3) is 3.99. The first-order valence-corrected chi connectivity index (χ1v) is 8.56. The first-order valence-electron chi connectivity index (χ1n) is 8.18. The lowest BCUT2D eigenvalue weighted by Gasteiger charge is -2.31. The molecule has 6 heteroatoms. The highest BCUT2D eigenvalue weighted by Crippen LogP contribution is 2.30. The maximum absolute atomic E-state index is 12.6. The summed E-state index contributed by atoms with van der Waals surface area (Å²) in [5.41, 5.74) is 2.39. The Kier molecular flexibility index (Phi) is 4.77. The molecule has 0 aliphatic heterocycles. The van der Waals surface area contributed by atoms with Crippen LogP contribution in [0.25, 0.3) is 11.0 Å². The number of hydrogen-bond donors (Lipinski definition) is 1. The number of aromatic nitrogens is 3. The van der Waals surface area contributed by atoms with Crippen LogP contribution in [-0.2, 0) is 11.2 Å². The maximum Gasteiger partial charge on any atom is 0.226 e. The number of benzene rings is 2. The molecule has 0 unspecified atom stereocenters. The zero-order valence-corrected chi connectivity index (χ0v) is 15.3. The van der Waals surface area contributed by atoms with Crippen LogP contribution in [0, 0.1) is 5.41 Å². The van der Waals surface area contributed by atoms with E-state index < -0.39 is 0 Å². The van der Waals surface area contributed by atoms with Crippen molar-refractivity contribution in [3.63, 3.8) is 0 Å². The molecular weight excluding hydrogens is 336 g/mol. The zero-order chi connectivity index (χ0) is 18.0. The van der Waals surface area contributed by atoms with Gasteiger partial charge in [-0.2, -0.15) is 0 Å². The number of halogens is 1. The third-order valence-corrected chi connectivity index (χ3v) is 4.27. The van der Waals surface area contributed by atoms with Crippen molar-refractivity contribution in [3.05, 3.63) is 59.1 Å². The Hall–Kier alpha value is -2.40. The number of amides is 1. The summed E-state index contributed by atoms with van der Waals surface area (Å²) in [7, 11) is 0. The van der Waals surface area contributed by atoms with Gasteiger partial charge < -0.3 is 5.32 Å². The fraction of sp³-hybridized carbons (Fsp3) is 0.316. The second kappa shape index (κ2) is 6.84. The summed E-state index contributed by atoms with van der Waals surface area (Å²) in [4.78, 5) is 12.6. The molecule has 3 rings (SSSR count). The Labute approximate surface area is 152 Å². The molecule has 130 valence electrons. The summed E-state index contributed by atoms with van der Waals surface area (Å²) in [5.74, 6) is -0.0678. The van der Waals surface area contributed by atoms with E-state index in [-0.39, 0.29) is 23.9 Å². The molecule has 0 saturated heterocycles. The Morgan fingerprint density at radius 3 is 2.52 bits per heavy atom. The van der Waals surface area contributed by atoms with Crippen LogP contribution in [0.4, 0.5) is 0 Å². The van der Waals surface area contributed by atoms with Gasteiger partial charge in [0, 0.05) is 10.4 Å². The van der Waals surface area contributed by atoms with E-state index in [9.17, 15) is 4.79 Å². The Morgan fingerprint density at radius 1 is 1.16 bits per heavy atom. The van der Waals surface area contributed by atoms with Gasteiger partial charge in [-0.3, -0.25) is 4.79 Å². The predicted molar refractivity (Wildman–Crippen MR) is 99.3 cm³/mol. The van der Waals surface area contributed by atoms with Crippen molar-refractivity contribution in [3.8, 4) is 0 Å². The fourth-order valence-corrected chi connectivity index (χ4v) is 2.84. The molecule has 0 aliphatic rings. The standard InChI is InChI=1S/C19H21ClN4O/c1-19(2,3)18(24-16-7-5-4-6-15(16)22-23-24)21-17(25)12-13-8-10-14(20)11-9-13/h4-11,18H,12H2,1-3H3,(H,21,25)/t18-/m0/s1. The fourth-order valence-electron chi connectivity index (χ4n) is 2.71. The van der Waals surface area contributed by atoms with E-state index in [1.54, 1.807) is 16.8 Å². The molecule has 0 radical (unpaired) electrons. The number of carbonyl (C=O) groups excluding carboxylic acids is 1. The van der Waals surface area contributed by atoms with Gasteiger partial charge in [0.05, 0.1) is 11.9 Å². The topological polar surface area (TPSA) is 59.8 Å². The van der Waals surface area contributed by atoms with E-state index in [2.05, 4.69) is 36.4 Å². The van der Waals surface area contributed by atoms with Crippen LogP contribution in [0.3, 0.4) is 0 Å². The molecule has 2 aromatic carbocycles. The van der Waals surface area contributed by atoms with Gasteiger partial charge in [-0.25, -0.2) is 4.68 Å². The predicted octanol–water partition coefficient (Wildman–Crippen LogP) is 3.99. The molecule has 0 fully saturated rings. The van der Waals surface area contributed by atoms with E-state index >= 15 is 0 Å². The maximum atomic E-state index is 12.6. The Morgan fingerprint density at radius 2 is 1.84 bits per heavy atom. The summed E-state index contributed by atoms with van der Waals surface area (Å²) in [6.07, 6.45) is -0.0178. The molecule has 0 spiro atoms. The molecule has 0 saturated carbocycles. The van der Waals surface area contributed by atoms with Gasteiger partial charge in [0.25, 0.3) is 0 Å². The number of carbonyl (C=O) groups is 1. The second-order valence-electron chi connectivity index (χ2n) is 7.16. The van der Waals surface area contributed by atoms with Crippen LogP contribution < -0.4 is 5.32 Å². The van der Waals surface area contributed by atoms with Crippen molar-refractivity contribution in [1.82, 2.24) is 20.3 Å². The van der Waals surface area contributed by atoms with Gasteiger partial charge >= 0.3 is 0 Å². The van der Waals surface area contributed by atoms with Crippen molar-refractivity contribution in [2.75, 3.05) is 0 Å². The average Bonchev–Trinajstić information content (AvgIpc) is 2.97. The van der Waals surface area contributed by atoms with E-state index in [1.165, 1.54) is 0 Å². The molecule has 5 nitrogen and oxygen atoms in total. The first kappa shape index (κ1) is 17.4. The largest absolute Gasteiger partial charge is 0.333 e. The smallest absolute Gasteiger partial charge is 0.226 e. The minimum atomic E-state index is -0.306. The molecular formula is C19H21ClN4O. The van der Waals surface area contributed by atoms with E-state index in [4.69, 9.17) is 11.6 Å². The minimum Gasteiger partial charge on any atom is -0.333 e. The van der Waals surface area contributed by atoms with Gasteiger partial charge in [0.1, 0.15) is 11.7 Å². The van der Waals surface area contributed by atoms with Crippen LogP contribution in [0.1, 0.15) is 32.5 Å².